The molecule has 0 fully saturated rings. The zero-order valence-electron chi connectivity index (χ0n) is 11.2. The summed E-state index contributed by atoms with van der Waals surface area (Å²) in [5.74, 6) is -0.220. The smallest absolute Gasteiger partial charge is 0.311 e. The van der Waals surface area contributed by atoms with E-state index < -0.39 is 4.92 Å². The summed E-state index contributed by atoms with van der Waals surface area (Å²) in [5, 5.41) is 11.0. The molecule has 0 saturated carbocycles. The molecule has 0 saturated heterocycles. The maximum absolute atomic E-state index is 12.3. The second kappa shape index (κ2) is 6.49. The lowest BCUT2D eigenvalue weighted by Gasteiger charge is -2.08. The molecular weight excluding hydrogens is 338 g/mol. The number of ketones is 1. The largest absolute Gasteiger partial charge is 0.490 e. The maximum Gasteiger partial charge on any atom is 0.311 e. The van der Waals surface area contributed by atoms with Gasteiger partial charge in [0.1, 0.15) is 0 Å². The van der Waals surface area contributed by atoms with Crippen LogP contribution in [0, 0.1) is 10.1 Å². The van der Waals surface area contributed by atoms with Gasteiger partial charge in [-0.3, -0.25) is 14.9 Å². The van der Waals surface area contributed by atoms with Crippen LogP contribution in [0.15, 0.2) is 46.9 Å². The van der Waals surface area contributed by atoms with Gasteiger partial charge >= 0.3 is 5.69 Å². The Morgan fingerprint density at radius 2 is 1.90 bits per heavy atom. The fourth-order valence-electron chi connectivity index (χ4n) is 1.99. The zero-order chi connectivity index (χ0) is 15.4. The third kappa shape index (κ3) is 3.46. The lowest BCUT2D eigenvalue weighted by molar-refractivity contribution is -0.385. The number of benzene rings is 2. The molecule has 21 heavy (non-hydrogen) atoms. The molecule has 108 valence electrons. The minimum absolute atomic E-state index is 0.00427. The first-order valence-corrected chi connectivity index (χ1v) is 6.91. The van der Waals surface area contributed by atoms with E-state index in [1.165, 1.54) is 25.3 Å². The van der Waals surface area contributed by atoms with Gasteiger partial charge in [0.2, 0.25) is 5.75 Å². The van der Waals surface area contributed by atoms with E-state index in [-0.39, 0.29) is 29.2 Å². The van der Waals surface area contributed by atoms with Gasteiger partial charge in [-0.1, -0.05) is 34.1 Å². The van der Waals surface area contributed by atoms with Gasteiger partial charge < -0.3 is 4.74 Å². The number of hydrogen-bond acceptors (Lipinski definition) is 4. The Morgan fingerprint density at radius 3 is 2.48 bits per heavy atom. The minimum atomic E-state index is -0.560. The van der Waals surface area contributed by atoms with Crippen LogP contribution in [0.1, 0.15) is 15.9 Å². The second-order valence-corrected chi connectivity index (χ2v) is 5.26. The molecule has 2 aromatic carbocycles. The van der Waals surface area contributed by atoms with Crippen LogP contribution in [0.5, 0.6) is 5.75 Å². The Labute approximate surface area is 129 Å². The highest BCUT2D eigenvalue weighted by Crippen LogP contribution is 2.31. The second-order valence-electron chi connectivity index (χ2n) is 4.34. The molecule has 0 radical (unpaired) electrons. The van der Waals surface area contributed by atoms with Crippen LogP contribution < -0.4 is 4.74 Å². The van der Waals surface area contributed by atoms with Crippen molar-refractivity contribution in [3.8, 4) is 5.75 Å². The molecule has 0 amide bonds. The summed E-state index contributed by atoms with van der Waals surface area (Å²) in [6.07, 6.45) is 0.158. The average Bonchev–Trinajstić information content (AvgIpc) is 2.48. The number of halogens is 1. The van der Waals surface area contributed by atoms with E-state index in [1.807, 2.05) is 24.3 Å². The normalized spacial score (nSPS) is 10.2. The van der Waals surface area contributed by atoms with Crippen LogP contribution >= 0.6 is 15.9 Å². The van der Waals surface area contributed by atoms with E-state index in [0.717, 1.165) is 10.0 Å². The fourth-order valence-corrected chi connectivity index (χ4v) is 2.25. The van der Waals surface area contributed by atoms with E-state index in [1.54, 1.807) is 0 Å². The number of methoxy groups -OCH3 is 1. The molecule has 5 nitrogen and oxygen atoms in total. The molecular formula is C15H12BrNO4. The van der Waals surface area contributed by atoms with Crippen molar-refractivity contribution < 1.29 is 14.5 Å². The number of nitro groups is 1. The molecule has 0 aliphatic heterocycles. The van der Waals surface area contributed by atoms with E-state index in [9.17, 15) is 14.9 Å². The van der Waals surface area contributed by atoms with Crippen molar-refractivity contribution in [1.29, 1.82) is 0 Å². The molecule has 0 aliphatic carbocycles. The monoisotopic (exact) mass is 349 g/mol. The highest BCUT2D eigenvalue weighted by Gasteiger charge is 2.22. The summed E-state index contributed by atoms with van der Waals surface area (Å²) in [7, 11) is 1.32. The maximum atomic E-state index is 12.3. The predicted molar refractivity (Wildman–Crippen MR) is 81.8 cm³/mol. The van der Waals surface area contributed by atoms with Crippen molar-refractivity contribution >= 4 is 27.4 Å². The van der Waals surface area contributed by atoms with Crippen LogP contribution in [0.4, 0.5) is 5.69 Å². The Balaban J connectivity index is 2.33. The van der Waals surface area contributed by atoms with Crippen LogP contribution in [-0.2, 0) is 6.42 Å². The van der Waals surface area contributed by atoms with Gasteiger partial charge in [0.25, 0.3) is 0 Å². The minimum Gasteiger partial charge on any atom is -0.490 e. The number of ether oxygens (including phenoxy) is 1. The van der Waals surface area contributed by atoms with Crippen LogP contribution in [0.25, 0.3) is 0 Å². The van der Waals surface area contributed by atoms with Gasteiger partial charge in [-0.2, -0.15) is 0 Å². The lowest BCUT2D eigenvalue weighted by atomic mass is 10.0. The number of para-hydroxylation sites is 1. The zero-order valence-corrected chi connectivity index (χ0v) is 12.8. The number of hydrogen-bond donors (Lipinski definition) is 0. The quantitative estimate of drug-likeness (QED) is 0.467. The Morgan fingerprint density at radius 1 is 1.24 bits per heavy atom. The topological polar surface area (TPSA) is 69.4 Å². The van der Waals surface area contributed by atoms with Crippen molar-refractivity contribution in [2.45, 2.75) is 6.42 Å². The molecule has 0 aliphatic rings. The highest BCUT2D eigenvalue weighted by atomic mass is 79.9. The summed E-state index contributed by atoms with van der Waals surface area (Å²) < 4.78 is 5.97. The summed E-state index contributed by atoms with van der Waals surface area (Å²) in [6.45, 7) is 0. The Hall–Kier alpha value is -2.21. The third-order valence-corrected chi connectivity index (χ3v) is 3.50. The van der Waals surface area contributed by atoms with Crippen molar-refractivity contribution in [2.75, 3.05) is 7.11 Å². The lowest BCUT2D eigenvalue weighted by Crippen LogP contribution is -2.07. The third-order valence-electron chi connectivity index (χ3n) is 2.97. The molecule has 0 spiro atoms. The Bertz CT molecular complexity index is 683. The number of Topliss-reactive ketones (excluding diaryl/α,β-unsaturated/α-hetero) is 1. The van der Waals surface area contributed by atoms with Crippen LogP contribution in [0.2, 0.25) is 0 Å². The Kier molecular flexibility index (Phi) is 4.70. The van der Waals surface area contributed by atoms with E-state index in [0.29, 0.717) is 0 Å². The summed E-state index contributed by atoms with van der Waals surface area (Å²) in [6, 6.07) is 11.7. The van der Waals surface area contributed by atoms with Crippen molar-refractivity contribution in [3.05, 3.63) is 68.2 Å². The number of nitrogens with zero attached hydrogens (tertiary/aromatic N) is 1. The van der Waals surface area contributed by atoms with Gasteiger partial charge in [0, 0.05) is 17.0 Å². The van der Waals surface area contributed by atoms with E-state index >= 15 is 0 Å². The molecule has 2 aromatic rings. The molecule has 0 bridgehead atoms. The average molecular weight is 350 g/mol. The van der Waals surface area contributed by atoms with Crippen LogP contribution in [0.3, 0.4) is 0 Å². The van der Waals surface area contributed by atoms with Crippen molar-refractivity contribution in [3.63, 3.8) is 0 Å². The molecule has 0 N–H and O–H groups in total. The molecule has 2 rings (SSSR count). The number of carbonyl (C=O) groups is 1. The van der Waals surface area contributed by atoms with Gasteiger partial charge in [0.15, 0.2) is 5.78 Å². The molecule has 0 aromatic heterocycles. The van der Waals surface area contributed by atoms with Gasteiger partial charge in [-0.15, -0.1) is 0 Å². The number of carbonyl (C=O) groups excluding carboxylic acids is 1. The summed E-state index contributed by atoms with van der Waals surface area (Å²) in [4.78, 5) is 22.7. The number of rotatable bonds is 5. The molecule has 6 heteroatoms. The van der Waals surface area contributed by atoms with E-state index in [4.69, 9.17) is 4.74 Å². The van der Waals surface area contributed by atoms with Crippen molar-refractivity contribution in [2.24, 2.45) is 0 Å². The number of nitro benzene ring substituents is 1. The first-order chi connectivity index (χ1) is 10.0. The van der Waals surface area contributed by atoms with Gasteiger partial charge in [-0.25, -0.2) is 0 Å². The van der Waals surface area contributed by atoms with Crippen molar-refractivity contribution in [1.82, 2.24) is 0 Å². The van der Waals surface area contributed by atoms with E-state index in [2.05, 4.69) is 15.9 Å². The first kappa shape index (κ1) is 15.2. The molecule has 0 unspecified atom stereocenters. The van der Waals surface area contributed by atoms with Crippen LogP contribution in [-0.4, -0.2) is 17.8 Å². The predicted octanol–water partition coefficient (Wildman–Crippen LogP) is 3.79. The van der Waals surface area contributed by atoms with Gasteiger partial charge in [-0.05, 0) is 23.8 Å². The van der Waals surface area contributed by atoms with Gasteiger partial charge in [0.05, 0.1) is 17.6 Å². The SMILES string of the molecule is COc1c(C(=O)Cc2ccc(Br)cc2)cccc1[N+](=O)[O-]. The summed E-state index contributed by atoms with van der Waals surface area (Å²) >= 11 is 3.32. The molecule has 0 atom stereocenters. The molecule has 0 heterocycles. The summed E-state index contributed by atoms with van der Waals surface area (Å²) in [5.41, 5.74) is 0.838. The fraction of sp³-hybridized carbons (Fsp3) is 0.133. The standard InChI is InChI=1S/C15H12BrNO4/c1-21-15-12(3-2-4-13(15)17(19)20)14(18)9-10-5-7-11(16)8-6-10/h2-8H,9H2,1H3. The highest BCUT2D eigenvalue weighted by molar-refractivity contribution is 9.10. The first-order valence-electron chi connectivity index (χ1n) is 6.12.